The lowest BCUT2D eigenvalue weighted by Crippen LogP contribution is -2.22. The summed E-state index contributed by atoms with van der Waals surface area (Å²) in [6, 6.07) is 8.79. The summed E-state index contributed by atoms with van der Waals surface area (Å²) < 4.78 is 26.1. The summed E-state index contributed by atoms with van der Waals surface area (Å²) in [5.41, 5.74) is 1.53. The molecule has 2 aromatic carbocycles. The molecule has 0 aliphatic heterocycles. The van der Waals surface area contributed by atoms with Gasteiger partial charge in [0.15, 0.2) is 11.6 Å². The van der Waals surface area contributed by atoms with Crippen molar-refractivity contribution in [1.29, 1.82) is 0 Å². The number of hydrogen-bond donors (Lipinski definition) is 1. The van der Waals surface area contributed by atoms with Crippen molar-refractivity contribution in [1.82, 2.24) is 0 Å². The van der Waals surface area contributed by atoms with Crippen molar-refractivity contribution in [2.24, 2.45) is 0 Å². The van der Waals surface area contributed by atoms with Crippen molar-refractivity contribution in [3.05, 3.63) is 58.6 Å². The second kappa shape index (κ2) is 7.11. The average Bonchev–Trinajstić information content (AvgIpc) is 2.46. The van der Waals surface area contributed by atoms with Crippen molar-refractivity contribution in [2.45, 2.75) is 24.0 Å². The molecule has 1 atom stereocenters. The first kappa shape index (κ1) is 16.8. The Morgan fingerprint density at radius 1 is 1.18 bits per heavy atom. The molecule has 0 radical (unpaired) electrons. The zero-order chi connectivity index (χ0) is 16.3. The Balaban J connectivity index is 2.05. The molecule has 1 amide bonds. The monoisotopic (exact) mass is 341 g/mol. The maximum atomic E-state index is 13.2. The molecule has 0 fully saturated rings. The van der Waals surface area contributed by atoms with Crippen LogP contribution in [0.25, 0.3) is 0 Å². The zero-order valence-corrected chi connectivity index (χ0v) is 13.6. The van der Waals surface area contributed by atoms with Crippen LogP contribution in [0.3, 0.4) is 0 Å². The molecule has 2 aromatic rings. The summed E-state index contributed by atoms with van der Waals surface area (Å²) in [7, 11) is 0. The molecular formula is C16H14ClF2NOS. The highest BCUT2D eigenvalue weighted by atomic mass is 35.5. The Bertz CT molecular complexity index is 709. The second-order valence-corrected chi connectivity index (χ2v) is 6.64. The van der Waals surface area contributed by atoms with Gasteiger partial charge < -0.3 is 5.32 Å². The van der Waals surface area contributed by atoms with Crippen molar-refractivity contribution in [3.63, 3.8) is 0 Å². The molecule has 116 valence electrons. The van der Waals surface area contributed by atoms with E-state index in [0.717, 1.165) is 29.5 Å². The zero-order valence-electron chi connectivity index (χ0n) is 12.0. The molecule has 0 aliphatic rings. The molecule has 6 heteroatoms. The van der Waals surface area contributed by atoms with E-state index < -0.39 is 16.9 Å². The molecule has 1 N–H and O–H groups in total. The number of aryl methyl sites for hydroxylation is 1. The lowest BCUT2D eigenvalue weighted by atomic mass is 10.2. The predicted octanol–water partition coefficient (Wildman–Crippen LogP) is 5.05. The first-order chi connectivity index (χ1) is 10.4. The lowest BCUT2D eigenvalue weighted by Gasteiger charge is -2.14. The number of thioether (sulfide) groups is 1. The van der Waals surface area contributed by atoms with Gasteiger partial charge in [0.1, 0.15) is 0 Å². The smallest absolute Gasteiger partial charge is 0.237 e. The van der Waals surface area contributed by atoms with Crippen molar-refractivity contribution in [2.75, 3.05) is 5.32 Å². The van der Waals surface area contributed by atoms with Gasteiger partial charge in [-0.15, -0.1) is 11.8 Å². The van der Waals surface area contributed by atoms with Gasteiger partial charge in [0, 0.05) is 15.6 Å². The Labute approximate surface area is 136 Å². The molecule has 0 saturated carbocycles. The number of halogens is 3. The van der Waals surface area contributed by atoms with Crippen LogP contribution >= 0.6 is 23.4 Å². The van der Waals surface area contributed by atoms with Crippen LogP contribution in [0.2, 0.25) is 5.02 Å². The number of carbonyl (C=O) groups is 1. The van der Waals surface area contributed by atoms with E-state index in [4.69, 9.17) is 11.6 Å². The van der Waals surface area contributed by atoms with E-state index in [1.807, 2.05) is 13.0 Å². The van der Waals surface area contributed by atoms with E-state index in [9.17, 15) is 13.6 Å². The Morgan fingerprint density at radius 3 is 2.59 bits per heavy atom. The van der Waals surface area contributed by atoms with Gasteiger partial charge in [-0.05, 0) is 49.7 Å². The molecule has 0 aromatic heterocycles. The third-order valence-electron chi connectivity index (χ3n) is 3.03. The standard InChI is InChI=1S/C16H14ClF2NOS/c1-9-3-4-11(17)7-15(9)20-16(21)10(2)22-12-5-6-13(18)14(19)8-12/h3-8,10H,1-2H3,(H,20,21). The number of rotatable bonds is 4. The van der Waals surface area contributed by atoms with E-state index in [2.05, 4.69) is 5.32 Å². The highest BCUT2D eigenvalue weighted by Crippen LogP contribution is 2.27. The summed E-state index contributed by atoms with van der Waals surface area (Å²) in [4.78, 5) is 12.7. The van der Waals surface area contributed by atoms with E-state index in [1.54, 1.807) is 19.1 Å². The van der Waals surface area contributed by atoms with Crippen molar-refractivity contribution < 1.29 is 13.6 Å². The SMILES string of the molecule is Cc1ccc(Cl)cc1NC(=O)C(C)Sc1ccc(F)c(F)c1. The van der Waals surface area contributed by atoms with Gasteiger partial charge in [-0.25, -0.2) is 8.78 Å². The Morgan fingerprint density at radius 2 is 1.91 bits per heavy atom. The molecular weight excluding hydrogens is 328 g/mol. The maximum Gasteiger partial charge on any atom is 0.237 e. The number of nitrogens with one attached hydrogen (secondary N) is 1. The summed E-state index contributed by atoms with van der Waals surface area (Å²) >= 11 is 7.06. The fourth-order valence-electron chi connectivity index (χ4n) is 1.77. The van der Waals surface area contributed by atoms with Gasteiger partial charge in [0.2, 0.25) is 5.91 Å². The van der Waals surface area contributed by atoms with E-state index in [0.29, 0.717) is 15.6 Å². The number of hydrogen-bond acceptors (Lipinski definition) is 2. The van der Waals surface area contributed by atoms with Crippen LogP contribution in [0, 0.1) is 18.6 Å². The maximum absolute atomic E-state index is 13.2. The molecule has 0 spiro atoms. The number of carbonyl (C=O) groups excluding carboxylic acids is 1. The van der Waals surface area contributed by atoms with Crippen LogP contribution in [0.5, 0.6) is 0 Å². The van der Waals surface area contributed by atoms with Gasteiger partial charge in [0.05, 0.1) is 5.25 Å². The van der Waals surface area contributed by atoms with Crippen LogP contribution < -0.4 is 5.32 Å². The second-order valence-electron chi connectivity index (χ2n) is 4.78. The fraction of sp³-hybridized carbons (Fsp3) is 0.188. The average molecular weight is 342 g/mol. The van der Waals surface area contributed by atoms with Gasteiger partial charge in [0.25, 0.3) is 0 Å². The van der Waals surface area contributed by atoms with Gasteiger partial charge >= 0.3 is 0 Å². The third-order valence-corrected chi connectivity index (χ3v) is 4.36. The molecule has 0 saturated heterocycles. The summed E-state index contributed by atoms with van der Waals surface area (Å²) in [5.74, 6) is -2.07. The third kappa shape index (κ3) is 4.21. The molecule has 0 bridgehead atoms. The Kier molecular flexibility index (Phi) is 5.42. The molecule has 2 nitrogen and oxygen atoms in total. The first-order valence-electron chi connectivity index (χ1n) is 6.55. The quantitative estimate of drug-likeness (QED) is 0.789. The van der Waals surface area contributed by atoms with E-state index >= 15 is 0 Å². The predicted molar refractivity (Wildman–Crippen MR) is 86.5 cm³/mol. The summed E-state index contributed by atoms with van der Waals surface area (Å²) in [5, 5.41) is 2.85. The summed E-state index contributed by atoms with van der Waals surface area (Å²) in [6.07, 6.45) is 0. The van der Waals surface area contributed by atoms with E-state index in [-0.39, 0.29) is 5.91 Å². The Hall–Kier alpha value is -1.59. The molecule has 0 heterocycles. The van der Waals surface area contributed by atoms with Crippen molar-refractivity contribution >= 4 is 35.0 Å². The van der Waals surface area contributed by atoms with Crippen LogP contribution in [-0.4, -0.2) is 11.2 Å². The number of amides is 1. The van der Waals surface area contributed by atoms with Gasteiger partial charge in [-0.3, -0.25) is 4.79 Å². The highest BCUT2D eigenvalue weighted by Gasteiger charge is 2.16. The normalized spacial score (nSPS) is 12.0. The molecule has 2 rings (SSSR count). The summed E-state index contributed by atoms with van der Waals surface area (Å²) in [6.45, 7) is 3.56. The minimum Gasteiger partial charge on any atom is -0.325 e. The van der Waals surface area contributed by atoms with Gasteiger partial charge in [-0.2, -0.15) is 0 Å². The van der Waals surface area contributed by atoms with Crippen LogP contribution in [0.1, 0.15) is 12.5 Å². The lowest BCUT2D eigenvalue weighted by molar-refractivity contribution is -0.115. The molecule has 0 aliphatic carbocycles. The van der Waals surface area contributed by atoms with Crippen LogP contribution in [-0.2, 0) is 4.79 Å². The molecule has 22 heavy (non-hydrogen) atoms. The molecule has 1 unspecified atom stereocenters. The topological polar surface area (TPSA) is 29.1 Å². The highest BCUT2D eigenvalue weighted by molar-refractivity contribution is 8.00. The number of benzene rings is 2. The minimum absolute atomic E-state index is 0.236. The van der Waals surface area contributed by atoms with Gasteiger partial charge in [-0.1, -0.05) is 17.7 Å². The largest absolute Gasteiger partial charge is 0.325 e. The van der Waals surface area contributed by atoms with Crippen molar-refractivity contribution in [3.8, 4) is 0 Å². The minimum atomic E-state index is -0.928. The van der Waals surface area contributed by atoms with Crippen LogP contribution in [0.15, 0.2) is 41.3 Å². The number of anilines is 1. The first-order valence-corrected chi connectivity index (χ1v) is 7.81. The van der Waals surface area contributed by atoms with Crippen LogP contribution in [0.4, 0.5) is 14.5 Å². The fourth-order valence-corrected chi connectivity index (χ4v) is 2.84. The van der Waals surface area contributed by atoms with E-state index in [1.165, 1.54) is 6.07 Å².